The van der Waals surface area contributed by atoms with Gasteiger partial charge in [-0.3, -0.25) is 0 Å². The Bertz CT molecular complexity index is 426. The number of hydrogen-bond acceptors (Lipinski definition) is 2. The Balaban J connectivity index is 1.33. The zero-order valence-corrected chi connectivity index (χ0v) is 14.9. The van der Waals surface area contributed by atoms with Crippen LogP contribution in [0.5, 0.6) is 0 Å². The number of likely N-dealkylation sites (tertiary alicyclic amines) is 1. The number of amides is 2. The van der Waals surface area contributed by atoms with Gasteiger partial charge < -0.3 is 15.1 Å². The molecule has 0 aromatic carbocycles. The van der Waals surface area contributed by atoms with Crippen LogP contribution in [0.4, 0.5) is 4.79 Å². The van der Waals surface area contributed by atoms with Gasteiger partial charge in [0.15, 0.2) is 0 Å². The number of hydrogen-bond donors (Lipinski definition) is 1. The summed E-state index contributed by atoms with van der Waals surface area (Å²) in [6.07, 6.45) is 10.9. The topological polar surface area (TPSA) is 35.6 Å². The monoisotopic (exact) mass is 319 g/mol. The largest absolute Gasteiger partial charge is 0.337 e. The second-order valence-corrected chi connectivity index (χ2v) is 9.28. The zero-order valence-electron chi connectivity index (χ0n) is 14.9. The van der Waals surface area contributed by atoms with E-state index in [1.54, 1.807) is 0 Å². The molecule has 1 heterocycles. The van der Waals surface area contributed by atoms with Gasteiger partial charge in [0.1, 0.15) is 0 Å². The maximum Gasteiger partial charge on any atom is 0.317 e. The number of likely N-dealkylation sites (N-methyl/N-ethyl adjacent to an activating group) is 1. The highest BCUT2D eigenvalue weighted by Crippen LogP contribution is 2.59. The quantitative estimate of drug-likeness (QED) is 0.868. The molecule has 1 aliphatic heterocycles. The van der Waals surface area contributed by atoms with Crippen molar-refractivity contribution in [1.29, 1.82) is 0 Å². The molecule has 1 atom stereocenters. The molecule has 1 unspecified atom stereocenters. The van der Waals surface area contributed by atoms with Crippen molar-refractivity contribution in [3.8, 4) is 0 Å². The predicted molar refractivity (Wildman–Crippen MR) is 92.3 cm³/mol. The second kappa shape index (κ2) is 5.94. The SMILES string of the molecule is CN(C)C1CCCN(C(=O)NCC23CC4CC(CC(C4)C2)C3)C1. The fourth-order valence-electron chi connectivity index (χ4n) is 6.44. The fourth-order valence-corrected chi connectivity index (χ4v) is 6.44. The van der Waals surface area contributed by atoms with Crippen LogP contribution in [0.2, 0.25) is 0 Å². The summed E-state index contributed by atoms with van der Waals surface area (Å²) in [6.45, 7) is 2.75. The molecule has 4 bridgehead atoms. The van der Waals surface area contributed by atoms with E-state index in [-0.39, 0.29) is 6.03 Å². The molecule has 4 nitrogen and oxygen atoms in total. The Kier molecular flexibility index (Phi) is 4.07. The highest BCUT2D eigenvalue weighted by Gasteiger charge is 2.50. The molecule has 0 aromatic heterocycles. The van der Waals surface area contributed by atoms with Crippen molar-refractivity contribution in [2.24, 2.45) is 23.2 Å². The van der Waals surface area contributed by atoms with E-state index in [1.165, 1.54) is 44.9 Å². The van der Waals surface area contributed by atoms with Crippen LogP contribution in [0.25, 0.3) is 0 Å². The van der Waals surface area contributed by atoms with Crippen molar-refractivity contribution in [2.75, 3.05) is 33.7 Å². The zero-order chi connectivity index (χ0) is 16.0. The van der Waals surface area contributed by atoms with Crippen LogP contribution >= 0.6 is 0 Å². The smallest absolute Gasteiger partial charge is 0.317 e. The third-order valence-corrected chi connectivity index (χ3v) is 7.19. The standard InChI is InChI=1S/C19H33N3O/c1-21(2)17-4-3-5-22(12-17)18(23)20-13-19-9-14-6-15(10-19)8-16(7-14)11-19/h14-17H,3-13H2,1-2H3,(H,20,23). The van der Waals surface area contributed by atoms with Crippen LogP contribution < -0.4 is 5.32 Å². The van der Waals surface area contributed by atoms with Gasteiger partial charge in [0.05, 0.1) is 0 Å². The van der Waals surface area contributed by atoms with Crippen molar-refractivity contribution in [3.63, 3.8) is 0 Å². The molecule has 0 aromatic rings. The first-order valence-electron chi connectivity index (χ1n) is 9.72. The minimum Gasteiger partial charge on any atom is -0.337 e. The number of piperidine rings is 1. The molecule has 4 saturated carbocycles. The van der Waals surface area contributed by atoms with E-state index in [4.69, 9.17) is 0 Å². The molecule has 4 heteroatoms. The van der Waals surface area contributed by atoms with Gasteiger partial charge in [0.2, 0.25) is 0 Å². The van der Waals surface area contributed by atoms with Crippen LogP contribution in [0.3, 0.4) is 0 Å². The Labute approximate surface area is 141 Å². The summed E-state index contributed by atoms with van der Waals surface area (Å²) in [4.78, 5) is 17.0. The molecule has 4 aliphatic carbocycles. The molecule has 1 N–H and O–H groups in total. The first kappa shape index (κ1) is 15.7. The lowest BCUT2D eigenvalue weighted by Crippen LogP contribution is -2.55. The van der Waals surface area contributed by atoms with E-state index < -0.39 is 0 Å². The van der Waals surface area contributed by atoms with Crippen molar-refractivity contribution in [2.45, 2.75) is 57.4 Å². The molecule has 5 rings (SSSR count). The van der Waals surface area contributed by atoms with Crippen molar-refractivity contribution >= 4 is 6.03 Å². The van der Waals surface area contributed by atoms with Gasteiger partial charge in [-0.25, -0.2) is 4.79 Å². The van der Waals surface area contributed by atoms with E-state index in [2.05, 4.69) is 29.2 Å². The van der Waals surface area contributed by atoms with Gasteiger partial charge in [-0.05, 0) is 88.6 Å². The molecule has 5 aliphatic rings. The number of nitrogens with one attached hydrogen (secondary N) is 1. The lowest BCUT2D eigenvalue weighted by molar-refractivity contribution is -0.0503. The Morgan fingerprint density at radius 2 is 1.74 bits per heavy atom. The van der Waals surface area contributed by atoms with Crippen LogP contribution in [0.15, 0.2) is 0 Å². The van der Waals surface area contributed by atoms with E-state index in [1.807, 2.05) is 0 Å². The number of carbonyl (C=O) groups excluding carboxylic acids is 1. The van der Waals surface area contributed by atoms with Crippen molar-refractivity contribution in [1.82, 2.24) is 15.1 Å². The van der Waals surface area contributed by atoms with E-state index >= 15 is 0 Å². The third-order valence-electron chi connectivity index (χ3n) is 7.19. The Morgan fingerprint density at radius 1 is 1.13 bits per heavy atom. The maximum absolute atomic E-state index is 12.7. The lowest BCUT2D eigenvalue weighted by Gasteiger charge is -2.57. The molecular weight excluding hydrogens is 286 g/mol. The fraction of sp³-hybridized carbons (Fsp3) is 0.947. The third kappa shape index (κ3) is 3.11. The average molecular weight is 319 g/mol. The summed E-state index contributed by atoms with van der Waals surface area (Å²) < 4.78 is 0. The number of rotatable bonds is 3. The van der Waals surface area contributed by atoms with Crippen molar-refractivity contribution in [3.05, 3.63) is 0 Å². The Morgan fingerprint density at radius 3 is 2.30 bits per heavy atom. The first-order chi connectivity index (χ1) is 11.0. The van der Waals surface area contributed by atoms with Crippen LogP contribution in [-0.2, 0) is 0 Å². The van der Waals surface area contributed by atoms with E-state index in [0.29, 0.717) is 11.5 Å². The molecule has 1 saturated heterocycles. The van der Waals surface area contributed by atoms with Gasteiger partial charge in [-0.15, -0.1) is 0 Å². The average Bonchev–Trinajstić information content (AvgIpc) is 2.51. The molecule has 0 spiro atoms. The molecular formula is C19H33N3O. The molecule has 0 radical (unpaired) electrons. The normalized spacial score (nSPS) is 42.3. The lowest BCUT2D eigenvalue weighted by atomic mass is 9.49. The minimum atomic E-state index is 0.187. The van der Waals surface area contributed by atoms with Crippen LogP contribution in [0.1, 0.15) is 51.4 Å². The summed E-state index contributed by atoms with van der Waals surface area (Å²) >= 11 is 0. The molecule has 5 fully saturated rings. The number of nitrogens with zero attached hydrogens (tertiary/aromatic N) is 2. The Hall–Kier alpha value is -0.770. The van der Waals surface area contributed by atoms with E-state index in [0.717, 1.165) is 43.8 Å². The summed E-state index contributed by atoms with van der Waals surface area (Å²) in [5, 5.41) is 3.34. The summed E-state index contributed by atoms with van der Waals surface area (Å²) in [5.74, 6) is 2.89. The second-order valence-electron chi connectivity index (χ2n) is 9.28. The molecule has 2 amide bonds. The van der Waals surface area contributed by atoms with E-state index in [9.17, 15) is 4.79 Å². The highest BCUT2D eigenvalue weighted by atomic mass is 16.2. The molecule has 130 valence electrons. The number of urea groups is 1. The highest BCUT2D eigenvalue weighted by molar-refractivity contribution is 5.74. The molecule has 23 heavy (non-hydrogen) atoms. The van der Waals surface area contributed by atoms with Gasteiger partial charge in [-0.2, -0.15) is 0 Å². The van der Waals surface area contributed by atoms with Crippen LogP contribution in [-0.4, -0.2) is 55.6 Å². The van der Waals surface area contributed by atoms with Crippen LogP contribution in [0, 0.1) is 23.2 Å². The van der Waals surface area contributed by atoms with Gasteiger partial charge in [0.25, 0.3) is 0 Å². The van der Waals surface area contributed by atoms with Gasteiger partial charge >= 0.3 is 6.03 Å². The van der Waals surface area contributed by atoms with Gasteiger partial charge in [-0.1, -0.05) is 0 Å². The first-order valence-corrected chi connectivity index (χ1v) is 9.72. The summed E-state index contributed by atoms with van der Waals surface area (Å²) in [7, 11) is 4.25. The van der Waals surface area contributed by atoms with Gasteiger partial charge in [0, 0.05) is 25.7 Å². The maximum atomic E-state index is 12.7. The summed E-state index contributed by atoms with van der Waals surface area (Å²) in [5.41, 5.74) is 0.446. The van der Waals surface area contributed by atoms with Crippen molar-refractivity contribution < 1.29 is 4.79 Å². The minimum absolute atomic E-state index is 0.187. The predicted octanol–water partition coefficient (Wildman–Crippen LogP) is 2.94. The summed E-state index contributed by atoms with van der Waals surface area (Å²) in [6, 6.07) is 0.710. The number of carbonyl (C=O) groups is 1.